The van der Waals surface area contributed by atoms with Crippen molar-refractivity contribution in [1.82, 2.24) is 10.6 Å². The number of nitrogens with zero attached hydrogens (tertiary/aromatic N) is 1. The fourth-order valence-electron chi connectivity index (χ4n) is 2.55. The van der Waals surface area contributed by atoms with Crippen molar-refractivity contribution in [2.24, 2.45) is 0 Å². The number of fused-ring (bicyclic) bond motifs is 1. The van der Waals surface area contributed by atoms with Crippen molar-refractivity contribution in [2.45, 2.75) is 25.4 Å². The van der Waals surface area contributed by atoms with E-state index in [1.165, 1.54) is 0 Å². The number of rotatable bonds is 3. The molecule has 0 aliphatic carbocycles. The number of carbonyl (C=O) groups excluding carboxylic acids is 3. The van der Waals surface area contributed by atoms with Crippen molar-refractivity contribution in [3.05, 3.63) is 23.8 Å². The summed E-state index contributed by atoms with van der Waals surface area (Å²) in [5, 5.41) is 5.43. The molecule has 1 aromatic carbocycles. The summed E-state index contributed by atoms with van der Waals surface area (Å²) in [6, 6.07) is 5.00. The number of amides is 3. The zero-order valence-electron chi connectivity index (χ0n) is 12.2. The van der Waals surface area contributed by atoms with Crippen LogP contribution in [-0.4, -0.2) is 37.4 Å². The first kappa shape index (κ1) is 14.4. The normalized spacial score (nSPS) is 20.2. The molecular weight excluding hydrogens is 286 g/mol. The van der Waals surface area contributed by atoms with Crippen molar-refractivity contribution in [1.29, 1.82) is 0 Å². The Morgan fingerprint density at radius 1 is 1.45 bits per heavy atom. The quantitative estimate of drug-likeness (QED) is 0.818. The van der Waals surface area contributed by atoms with Gasteiger partial charge in [-0.2, -0.15) is 0 Å². The number of ether oxygens (including phenoxy) is 1. The summed E-state index contributed by atoms with van der Waals surface area (Å²) in [5.41, 5.74) is 1.55. The number of nitrogens with one attached hydrogen (secondary N) is 2. The maximum atomic E-state index is 12.0. The van der Waals surface area contributed by atoms with Gasteiger partial charge in [0, 0.05) is 20.0 Å². The van der Waals surface area contributed by atoms with Crippen molar-refractivity contribution >= 4 is 23.4 Å². The molecule has 1 unspecified atom stereocenters. The van der Waals surface area contributed by atoms with Crippen LogP contribution < -0.4 is 20.3 Å². The molecule has 116 valence electrons. The molecule has 22 heavy (non-hydrogen) atoms. The Morgan fingerprint density at radius 2 is 2.27 bits per heavy atom. The lowest BCUT2D eigenvalue weighted by atomic mass is 10.1. The van der Waals surface area contributed by atoms with Crippen molar-refractivity contribution < 1.29 is 19.1 Å². The van der Waals surface area contributed by atoms with E-state index in [1.807, 2.05) is 12.1 Å². The van der Waals surface area contributed by atoms with E-state index in [4.69, 9.17) is 4.74 Å². The predicted molar refractivity (Wildman–Crippen MR) is 78.4 cm³/mol. The van der Waals surface area contributed by atoms with E-state index < -0.39 is 6.04 Å². The standard InChI is InChI=1S/C15H17N3O4/c1-18-11-6-9(2-4-12(11)22-8-14(18)20)7-16-15(21)10-3-5-13(19)17-10/h2,4,6,10H,3,5,7-8H2,1H3,(H,16,21)(H,17,19). The van der Waals surface area contributed by atoms with Gasteiger partial charge in [0.2, 0.25) is 11.8 Å². The molecule has 0 spiro atoms. The molecule has 1 aromatic rings. The highest BCUT2D eigenvalue weighted by atomic mass is 16.5. The maximum Gasteiger partial charge on any atom is 0.264 e. The van der Waals surface area contributed by atoms with E-state index in [1.54, 1.807) is 18.0 Å². The van der Waals surface area contributed by atoms with Crippen molar-refractivity contribution in [3.63, 3.8) is 0 Å². The lowest BCUT2D eigenvalue weighted by Crippen LogP contribution is -2.41. The summed E-state index contributed by atoms with van der Waals surface area (Å²) in [6.07, 6.45) is 0.918. The van der Waals surface area contributed by atoms with E-state index in [2.05, 4.69) is 10.6 Å². The molecule has 1 saturated heterocycles. The molecule has 0 aromatic heterocycles. The van der Waals surface area contributed by atoms with Gasteiger partial charge in [-0.05, 0) is 24.1 Å². The van der Waals surface area contributed by atoms with Crippen LogP contribution in [0.1, 0.15) is 18.4 Å². The van der Waals surface area contributed by atoms with E-state index in [0.717, 1.165) is 5.56 Å². The van der Waals surface area contributed by atoms with Gasteiger partial charge < -0.3 is 20.3 Å². The molecule has 3 rings (SSSR count). The van der Waals surface area contributed by atoms with Crippen LogP contribution in [0.4, 0.5) is 5.69 Å². The monoisotopic (exact) mass is 303 g/mol. The highest BCUT2D eigenvalue weighted by Gasteiger charge is 2.27. The minimum absolute atomic E-state index is 0.0426. The molecule has 1 atom stereocenters. The molecule has 2 aliphatic rings. The number of benzene rings is 1. The second kappa shape index (κ2) is 5.67. The topological polar surface area (TPSA) is 87.7 Å². The first-order chi connectivity index (χ1) is 10.5. The molecule has 7 nitrogen and oxygen atoms in total. The second-order valence-electron chi connectivity index (χ2n) is 5.42. The summed E-state index contributed by atoms with van der Waals surface area (Å²) < 4.78 is 5.35. The van der Waals surface area contributed by atoms with Crippen LogP contribution in [0.25, 0.3) is 0 Å². The Labute approximate surface area is 127 Å². The summed E-state index contributed by atoms with van der Waals surface area (Å²) >= 11 is 0. The third-order valence-corrected chi connectivity index (χ3v) is 3.89. The van der Waals surface area contributed by atoms with Crippen LogP contribution >= 0.6 is 0 Å². The Kier molecular flexibility index (Phi) is 3.70. The Bertz CT molecular complexity index is 644. The zero-order valence-corrected chi connectivity index (χ0v) is 12.2. The highest BCUT2D eigenvalue weighted by Crippen LogP contribution is 2.31. The highest BCUT2D eigenvalue weighted by molar-refractivity contribution is 5.97. The van der Waals surface area contributed by atoms with Crippen LogP contribution in [0.3, 0.4) is 0 Å². The minimum atomic E-state index is -0.447. The Balaban J connectivity index is 1.65. The molecule has 0 saturated carbocycles. The van der Waals surface area contributed by atoms with Gasteiger partial charge >= 0.3 is 0 Å². The zero-order chi connectivity index (χ0) is 15.7. The number of hydrogen-bond acceptors (Lipinski definition) is 4. The Morgan fingerprint density at radius 3 is 3.00 bits per heavy atom. The molecule has 1 fully saturated rings. The average Bonchev–Trinajstić information content (AvgIpc) is 2.95. The van der Waals surface area contributed by atoms with Crippen LogP contribution in [0.5, 0.6) is 5.75 Å². The number of carbonyl (C=O) groups is 3. The fraction of sp³-hybridized carbons (Fsp3) is 0.400. The van der Waals surface area contributed by atoms with Crippen LogP contribution in [0.2, 0.25) is 0 Å². The lowest BCUT2D eigenvalue weighted by molar-refractivity contribution is -0.125. The van der Waals surface area contributed by atoms with Gasteiger partial charge in [-0.3, -0.25) is 14.4 Å². The van der Waals surface area contributed by atoms with E-state index in [-0.39, 0.29) is 24.3 Å². The molecule has 0 radical (unpaired) electrons. The predicted octanol–water partition coefficient (Wildman–Crippen LogP) is -0.0634. The number of hydrogen-bond donors (Lipinski definition) is 2. The molecule has 2 N–H and O–H groups in total. The molecular formula is C15H17N3O4. The summed E-state index contributed by atoms with van der Waals surface area (Å²) in [5.74, 6) is 0.262. The molecule has 0 bridgehead atoms. The first-order valence-corrected chi connectivity index (χ1v) is 7.14. The van der Waals surface area contributed by atoms with Gasteiger partial charge in [0.05, 0.1) is 5.69 Å². The summed E-state index contributed by atoms with van der Waals surface area (Å²) in [4.78, 5) is 36.2. The number of anilines is 1. The molecule has 7 heteroatoms. The van der Waals surface area contributed by atoms with Crippen LogP contribution in [0, 0.1) is 0 Å². The Hall–Kier alpha value is -2.57. The lowest BCUT2D eigenvalue weighted by Gasteiger charge is -2.26. The van der Waals surface area contributed by atoms with Gasteiger partial charge in [-0.15, -0.1) is 0 Å². The van der Waals surface area contributed by atoms with Crippen LogP contribution in [0.15, 0.2) is 18.2 Å². The van der Waals surface area contributed by atoms with Gasteiger partial charge in [-0.1, -0.05) is 6.07 Å². The van der Waals surface area contributed by atoms with Crippen molar-refractivity contribution in [2.75, 3.05) is 18.6 Å². The third kappa shape index (κ3) is 2.74. The van der Waals surface area contributed by atoms with Gasteiger partial charge in [-0.25, -0.2) is 0 Å². The number of likely N-dealkylation sites (N-methyl/N-ethyl adjacent to an activating group) is 1. The molecule has 2 aliphatic heterocycles. The van der Waals surface area contributed by atoms with E-state index in [0.29, 0.717) is 30.8 Å². The third-order valence-electron chi connectivity index (χ3n) is 3.89. The fourth-order valence-corrected chi connectivity index (χ4v) is 2.55. The molecule has 3 amide bonds. The largest absolute Gasteiger partial charge is 0.482 e. The smallest absolute Gasteiger partial charge is 0.264 e. The van der Waals surface area contributed by atoms with Gasteiger partial charge in [0.25, 0.3) is 5.91 Å². The van der Waals surface area contributed by atoms with E-state index >= 15 is 0 Å². The maximum absolute atomic E-state index is 12.0. The summed E-state index contributed by atoms with van der Waals surface area (Å²) in [7, 11) is 1.69. The van der Waals surface area contributed by atoms with Gasteiger partial charge in [0.15, 0.2) is 6.61 Å². The average molecular weight is 303 g/mol. The van der Waals surface area contributed by atoms with Gasteiger partial charge in [0.1, 0.15) is 11.8 Å². The molecule has 2 heterocycles. The minimum Gasteiger partial charge on any atom is -0.482 e. The summed E-state index contributed by atoms with van der Waals surface area (Å²) in [6.45, 7) is 0.376. The van der Waals surface area contributed by atoms with Crippen LogP contribution in [-0.2, 0) is 20.9 Å². The first-order valence-electron chi connectivity index (χ1n) is 7.14. The second-order valence-corrected chi connectivity index (χ2v) is 5.42. The van der Waals surface area contributed by atoms with E-state index in [9.17, 15) is 14.4 Å². The van der Waals surface area contributed by atoms with Crippen molar-refractivity contribution in [3.8, 4) is 5.75 Å². The SMILES string of the molecule is CN1C(=O)COc2ccc(CNC(=O)C3CCC(=O)N3)cc21.